The molecule has 0 saturated carbocycles. The van der Waals surface area contributed by atoms with Gasteiger partial charge in [-0.3, -0.25) is 20.0 Å². The molecule has 0 aliphatic carbocycles. The first-order chi connectivity index (χ1) is 7.11. The van der Waals surface area contributed by atoms with Crippen molar-refractivity contribution in [3.8, 4) is 0 Å². The number of carboxylic acid groups (broad SMARTS) is 1. The number of rotatable bonds is 3. The van der Waals surface area contributed by atoms with Gasteiger partial charge in [0.2, 0.25) is 0 Å². The Balaban J connectivity index is 2.37. The molecule has 2 N–H and O–H groups in total. The maximum absolute atomic E-state index is 10.7. The van der Waals surface area contributed by atoms with Gasteiger partial charge >= 0.3 is 17.1 Å². The second-order valence-corrected chi connectivity index (χ2v) is 2.78. The van der Waals surface area contributed by atoms with Crippen molar-refractivity contribution >= 4 is 11.7 Å². The molecule has 0 atom stereocenters. The molecule has 0 spiro atoms. The summed E-state index contributed by atoms with van der Waals surface area (Å²) in [6, 6.07) is 1.27. The van der Waals surface area contributed by atoms with Crippen LogP contribution in [0.4, 0.5) is 5.69 Å². The van der Waals surface area contributed by atoms with Crippen molar-refractivity contribution in [2.75, 3.05) is 5.43 Å². The summed E-state index contributed by atoms with van der Waals surface area (Å²) in [7, 11) is 0. The summed E-state index contributed by atoms with van der Waals surface area (Å²) in [5.41, 5.74) is 1.00. The highest BCUT2D eigenvalue weighted by Crippen LogP contribution is 2.12. The van der Waals surface area contributed by atoms with Gasteiger partial charge in [0, 0.05) is 6.20 Å². The van der Waals surface area contributed by atoms with E-state index in [0.29, 0.717) is 4.68 Å². The van der Waals surface area contributed by atoms with Crippen LogP contribution in [0.3, 0.4) is 0 Å². The Morgan fingerprint density at radius 2 is 2.07 bits per heavy atom. The number of aromatic nitrogens is 2. The first-order valence-corrected chi connectivity index (χ1v) is 3.93. The standard InChI is InChI=1S/C8H5N3O4/c12-6-7(13)11(6)10-5-3-9-2-1-4(5)8(14)15/h1-3,10H,(H,14,15). The Kier molecular flexibility index (Phi) is 1.86. The second-order valence-electron chi connectivity index (χ2n) is 2.78. The molecule has 0 radical (unpaired) electrons. The van der Waals surface area contributed by atoms with E-state index in [-0.39, 0.29) is 11.3 Å². The first kappa shape index (κ1) is 9.13. The summed E-state index contributed by atoms with van der Waals surface area (Å²) in [6.45, 7) is 0. The van der Waals surface area contributed by atoms with Gasteiger partial charge in [-0.25, -0.2) is 4.79 Å². The first-order valence-electron chi connectivity index (χ1n) is 3.93. The van der Waals surface area contributed by atoms with E-state index in [9.17, 15) is 14.4 Å². The molecule has 76 valence electrons. The monoisotopic (exact) mass is 207 g/mol. The van der Waals surface area contributed by atoms with Gasteiger partial charge in [-0.15, -0.1) is 0 Å². The number of carbonyl (C=O) groups is 1. The molecule has 2 aromatic heterocycles. The van der Waals surface area contributed by atoms with E-state index in [1.165, 1.54) is 18.5 Å². The lowest BCUT2D eigenvalue weighted by molar-refractivity contribution is 0.0697. The summed E-state index contributed by atoms with van der Waals surface area (Å²) in [5.74, 6) is -1.17. The summed E-state index contributed by atoms with van der Waals surface area (Å²) >= 11 is 0. The summed E-state index contributed by atoms with van der Waals surface area (Å²) in [6.07, 6.45) is 2.53. The van der Waals surface area contributed by atoms with Gasteiger partial charge in [-0.1, -0.05) is 0 Å². The Morgan fingerprint density at radius 1 is 1.40 bits per heavy atom. The van der Waals surface area contributed by atoms with Crippen molar-refractivity contribution in [3.05, 3.63) is 44.7 Å². The highest BCUT2D eigenvalue weighted by molar-refractivity contribution is 5.93. The third kappa shape index (κ3) is 1.50. The number of aromatic carboxylic acids is 1. The molecule has 7 heteroatoms. The fourth-order valence-electron chi connectivity index (χ4n) is 1.03. The minimum absolute atomic E-state index is 0.0579. The predicted molar refractivity (Wildman–Crippen MR) is 49.6 cm³/mol. The molecule has 0 fully saturated rings. The average Bonchev–Trinajstić information content (AvgIpc) is 2.76. The lowest BCUT2D eigenvalue weighted by atomic mass is 10.2. The predicted octanol–water partition coefficient (Wildman–Crippen LogP) is -0.948. The van der Waals surface area contributed by atoms with Crippen LogP contribution in [0, 0.1) is 0 Å². The Morgan fingerprint density at radius 3 is 2.60 bits per heavy atom. The highest BCUT2D eigenvalue weighted by atomic mass is 16.4. The lowest BCUT2D eigenvalue weighted by Gasteiger charge is -2.03. The molecule has 0 unspecified atom stereocenters. The molecule has 15 heavy (non-hydrogen) atoms. The van der Waals surface area contributed by atoms with Crippen LogP contribution in [0.25, 0.3) is 0 Å². The number of pyridine rings is 1. The van der Waals surface area contributed by atoms with E-state index in [0.717, 1.165) is 0 Å². The smallest absolute Gasteiger partial charge is 0.340 e. The minimum Gasteiger partial charge on any atom is -0.478 e. The van der Waals surface area contributed by atoms with Crippen LogP contribution >= 0.6 is 0 Å². The fraction of sp³-hybridized carbons (Fsp3) is 0. The molecule has 0 bridgehead atoms. The molecule has 0 aromatic carbocycles. The molecule has 2 rings (SSSR count). The maximum atomic E-state index is 10.7. The third-order valence-electron chi connectivity index (χ3n) is 1.82. The van der Waals surface area contributed by atoms with Gasteiger partial charge in [0.1, 0.15) is 0 Å². The fourth-order valence-corrected chi connectivity index (χ4v) is 1.03. The maximum Gasteiger partial charge on any atom is 0.340 e. The van der Waals surface area contributed by atoms with Gasteiger partial charge in [0.05, 0.1) is 17.4 Å². The molecule has 2 aromatic rings. The van der Waals surface area contributed by atoms with Crippen LogP contribution in [0.1, 0.15) is 10.4 Å². The van der Waals surface area contributed by atoms with Crippen molar-refractivity contribution in [2.45, 2.75) is 0 Å². The summed E-state index contributed by atoms with van der Waals surface area (Å²) < 4.78 is 0.712. The van der Waals surface area contributed by atoms with Crippen LogP contribution in [-0.2, 0) is 0 Å². The van der Waals surface area contributed by atoms with Crippen LogP contribution in [-0.4, -0.2) is 20.7 Å². The van der Waals surface area contributed by atoms with E-state index in [4.69, 9.17) is 5.11 Å². The van der Waals surface area contributed by atoms with Crippen molar-refractivity contribution in [1.29, 1.82) is 0 Å². The molecule has 0 aliphatic rings. The van der Waals surface area contributed by atoms with Gasteiger partial charge < -0.3 is 5.11 Å². The largest absolute Gasteiger partial charge is 0.478 e. The molecular formula is C8H5N3O4. The molecule has 2 heterocycles. The van der Waals surface area contributed by atoms with Crippen molar-refractivity contribution in [1.82, 2.24) is 9.66 Å². The number of hydrogen-bond acceptors (Lipinski definition) is 5. The second kappa shape index (κ2) is 3.05. The van der Waals surface area contributed by atoms with Crippen molar-refractivity contribution in [3.63, 3.8) is 0 Å². The normalized spacial score (nSPS) is 10.4. The van der Waals surface area contributed by atoms with Crippen LogP contribution in [0.15, 0.2) is 28.0 Å². The number of carboxylic acids is 1. The van der Waals surface area contributed by atoms with Crippen molar-refractivity contribution in [2.24, 2.45) is 0 Å². The molecule has 0 aliphatic heterocycles. The van der Waals surface area contributed by atoms with E-state index >= 15 is 0 Å². The summed E-state index contributed by atoms with van der Waals surface area (Å²) in [5, 5.41) is 8.77. The lowest BCUT2D eigenvalue weighted by Crippen LogP contribution is -2.12. The zero-order chi connectivity index (χ0) is 11.0. The zero-order valence-electron chi connectivity index (χ0n) is 7.30. The number of nitrogens with one attached hydrogen (secondary N) is 1. The molecule has 7 nitrogen and oxygen atoms in total. The topological polar surface area (TPSA) is 101 Å². The Bertz CT molecular complexity index is 569. The molecule has 0 amide bonds. The minimum atomic E-state index is -1.17. The number of hydrogen-bond donors (Lipinski definition) is 2. The van der Waals surface area contributed by atoms with Crippen LogP contribution in [0.5, 0.6) is 0 Å². The summed E-state index contributed by atoms with van der Waals surface area (Å²) in [4.78, 5) is 35.7. The van der Waals surface area contributed by atoms with Crippen LogP contribution < -0.4 is 16.5 Å². The Labute approximate surface area is 82.3 Å². The number of nitrogens with zero attached hydrogens (tertiary/aromatic N) is 2. The zero-order valence-corrected chi connectivity index (χ0v) is 7.30. The van der Waals surface area contributed by atoms with Gasteiger partial charge in [0.15, 0.2) is 0 Å². The Hall–Kier alpha value is -2.44. The van der Waals surface area contributed by atoms with E-state index in [1.807, 2.05) is 0 Å². The average molecular weight is 207 g/mol. The molecular weight excluding hydrogens is 202 g/mol. The van der Waals surface area contributed by atoms with Gasteiger partial charge in [-0.05, 0) is 6.07 Å². The van der Waals surface area contributed by atoms with Gasteiger partial charge in [-0.2, -0.15) is 4.68 Å². The van der Waals surface area contributed by atoms with E-state index in [2.05, 4.69) is 10.4 Å². The highest BCUT2D eigenvalue weighted by Gasteiger charge is 2.18. The van der Waals surface area contributed by atoms with E-state index in [1.54, 1.807) is 0 Å². The third-order valence-corrected chi connectivity index (χ3v) is 1.82. The number of anilines is 1. The quantitative estimate of drug-likeness (QED) is 0.629. The van der Waals surface area contributed by atoms with Crippen molar-refractivity contribution < 1.29 is 9.90 Å². The van der Waals surface area contributed by atoms with Crippen LogP contribution in [0.2, 0.25) is 0 Å². The van der Waals surface area contributed by atoms with E-state index < -0.39 is 17.1 Å². The molecule has 0 saturated heterocycles. The van der Waals surface area contributed by atoms with Gasteiger partial charge in [0.25, 0.3) is 0 Å². The SMILES string of the molecule is O=C(O)c1ccncc1Nn1c(=O)c1=O.